The van der Waals surface area contributed by atoms with E-state index in [9.17, 15) is 0 Å². The summed E-state index contributed by atoms with van der Waals surface area (Å²) >= 11 is 0. The first-order valence-corrected chi connectivity index (χ1v) is 7.57. The van der Waals surface area contributed by atoms with Gasteiger partial charge in [-0.2, -0.15) is 0 Å². The van der Waals surface area contributed by atoms with Crippen molar-refractivity contribution in [3.05, 3.63) is 29.8 Å². The highest BCUT2D eigenvalue weighted by atomic mass is 16.5. The molecule has 1 rings (SSSR count). The highest BCUT2D eigenvalue weighted by Gasteiger charge is 2.12. The van der Waals surface area contributed by atoms with E-state index in [0.717, 1.165) is 25.1 Å². The Balaban J connectivity index is 2.61. The summed E-state index contributed by atoms with van der Waals surface area (Å²) in [5.41, 5.74) is 1.32. The average Bonchev–Trinajstić information content (AvgIpc) is 2.44. The molecule has 0 radical (unpaired) electrons. The molecule has 0 heterocycles. The fourth-order valence-corrected chi connectivity index (χ4v) is 1.98. The van der Waals surface area contributed by atoms with Crippen LogP contribution in [0.25, 0.3) is 0 Å². The van der Waals surface area contributed by atoms with Gasteiger partial charge in [-0.3, -0.25) is 0 Å². The van der Waals surface area contributed by atoms with Crippen LogP contribution in [-0.4, -0.2) is 18.7 Å². The zero-order valence-corrected chi connectivity index (χ0v) is 13.1. The molecule has 0 fully saturated rings. The van der Waals surface area contributed by atoms with E-state index in [0.29, 0.717) is 12.0 Å². The van der Waals surface area contributed by atoms with Crippen molar-refractivity contribution in [3.8, 4) is 5.75 Å². The predicted octanol–water partition coefficient (Wildman–Crippen LogP) is 4.36. The molecule has 0 saturated heterocycles. The summed E-state index contributed by atoms with van der Waals surface area (Å²) in [6.07, 6.45) is 2.48. The van der Waals surface area contributed by atoms with Gasteiger partial charge in [0.2, 0.25) is 0 Å². The lowest BCUT2D eigenvalue weighted by Crippen LogP contribution is -2.34. The summed E-state index contributed by atoms with van der Waals surface area (Å²) in [6, 6.07) is 8.96. The van der Waals surface area contributed by atoms with Crippen molar-refractivity contribution in [1.29, 1.82) is 0 Å². The topological polar surface area (TPSA) is 21.3 Å². The van der Waals surface area contributed by atoms with E-state index in [1.807, 2.05) is 0 Å². The minimum absolute atomic E-state index is 0.194. The number of para-hydroxylation sites is 1. The molecule has 0 aliphatic carbocycles. The third-order valence-electron chi connectivity index (χ3n) is 3.76. The summed E-state index contributed by atoms with van der Waals surface area (Å²) in [5.74, 6) is 1.58. The molecule has 3 atom stereocenters. The highest BCUT2D eigenvalue weighted by molar-refractivity contribution is 5.36. The van der Waals surface area contributed by atoms with E-state index in [1.165, 1.54) is 5.56 Å². The van der Waals surface area contributed by atoms with Gasteiger partial charge in [-0.05, 0) is 44.2 Å². The van der Waals surface area contributed by atoms with Crippen molar-refractivity contribution in [2.75, 3.05) is 6.54 Å². The molecule has 0 aromatic heterocycles. The number of rotatable bonds is 8. The predicted molar refractivity (Wildman–Crippen MR) is 83.0 cm³/mol. The molecule has 108 valence electrons. The second-order valence-corrected chi connectivity index (χ2v) is 5.49. The molecule has 0 amide bonds. The van der Waals surface area contributed by atoms with Gasteiger partial charge in [-0.15, -0.1) is 0 Å². The SMILES string of the molecule is CCC(C)NCC(C)Oc1ccccc1C(C)CC. The molecule has 1 aromatic carbocycles. The van der Waals surface area contributed by atoms with E-state index < -0.39 is 0 Å². The van der Waals surface area contributed by atoms with Crippen molar-refractivity contribution in [2.45, 2.75) is 65.5 Å². The second-order valence-electron chi connectivity index (χ2n) is 5.49. The Labute approximate surface area is 118 Å². The van der Waals surface area contributed by atoms with Gasteiger partial charge in [0.15, 0.2) is 0 Å². The van der Waals surface area contributed by atoms with E-state index >= 15 is 0 Å². The lowest BCUT2D eigenvalue weighted by Gasteiger charge is -2.21. The quantitative estimate of drug-likeness (QED) is 0.752. The van der Waals surface area contributed by atoms with Crippen LogP contribution in [0.4, 0.5) is 0 Å². The van der Waals surface area contributed by atoms with Crippen LogP contribution >= 0.6 is 0 Å². The van der Waals surface area contributed by atoms with Gasteiger partial charge in [-0.1, -0.05) is 39.0 Å². The molecule has 0 spiro atoms. The molecule has 19 heavy (non-hydrogen) atoms. The van der Waals surface area contributed by atoms with E-state index in [4.69, 9.17) is 4.74 Å². The van der Waals surface area contributed by atoms with Crippen LogP contribution in [0.5, 0.6) is 5.75 Å². The molecule has 3 unspecified atom stereocenters. The van der Waals surface area contributed by atoms with E-state index in [-0.39, 0.29) is 6.10 Å². The maximum atomic E-state index is 6.10. The molecular formula is C17H29NO. The van der Waals surface area contributed by atoms with Gasteiger partial charge in [0.1, 0.15) is 11.9 Å². The van der Waals surface area contributed by atoms with Crippen LogP contribution in [0.2, 0.25) is 0 Å². The largest absolute Gasteiger partial charge is 0.489 e. The third kappa shape index (κ3) is 5.23. The molecule has 0 bridgehead atoms. The summed E-state index contributed by atoms with van der Waals surface area (Å²) in [6.45, 7) is 11.9. The summed E-state index contributed by atoms with van der Waals surface area (Å²) in [5, 5.41) is 3.49. The monoisotopic (exact) mass is 263 g/mol. The fraction of sp³-hybridized carbons (Fsp3) is 0.647. The Bertz CT molecular complexity index is 364. The van der Waals surface area contributed by atoms with E-state index in [2.05, 4.69) is 64.2 Å². The summed E-state index contributed by atoms with van der Waals surface area (Å²) in [4.78, 5) is 0. The molecular weight excluding hydrogens is 234 g/mol. The summed E-state index contributed by atoms with van der Waals surface area (Å²) in [7, 11) is 0. The Morgan fingerprint density at radius 1 is 1.05 bits per heavy atom. The van der Waals surface area contributed by atoms with Crippen LogP contribution in [-0.2, 0) is 0 Å². The zero-order valence-electron chi connectivity index (χ0n) is 13.1. The Morgan fingerprint density at radius 2 is 1.74 bits per heavy atom. The van der Waals surface area contributed by atoms with Crippen molar-refractivity contribution in [3.63, 3.8) is 0 Å². The van der Waals surface area contributed by atoms with Gasteiger partial charge in [0.25, 0.3) is 0 Å². The molecule has 2 nitrogen and oxygen atoms in total. The Morgan fingerprint density at radius 3 is 2.37 bits per heavy atom. The second kappa shape index (κ2) is 8.21. The smallest absolute Gasteiger partial charge is 0.123 e. The van der Waals surface area contributed by atoms with E-state index in [1.54, 1.807) is 0 Å². The van der Waals surface area contributed by atoms with Crippen molar-refractivity contribution in [1.82, 2.24) is 5.32 Å². The van der Waals surface area contributed by atoms with Crippen molar-refractivity contribution < 1.29 is 4.74 Å². The molecule has 0 aliphatic rings. The third-order valence-corrected chi connectivity index (χ3v) is 3.76. The molecule has 1 aromatic rings. The number of hydrogen-bond acceptors (Lipinski definition) is 2. The van der Waals surface area contributed by atoms with Gasteiger partial charge < -0.3 is 10.1 Å². The lowest BCUT2D eigenvalue weighted by atomic mass is 9.98. The molecule has 0 saturated carbocycles. The first kappa shape index (κ1) is 16.0. The van der Waals surface area contributed by atoms with Gasteiger partial charge >= 0.3 is 0 Å². The van der Waals surface area contributed by atoms with Crippen molar-refractivity contribution in [2.24, 2.45) is 0 Å². The minimum atomic E-state index is 0.194. The van der Waals surface area contributed by atoms with Gasteiger partial charge in [0.05, 0.1) is 0 Å². The Hall–Kier alpha value is -1.02. The first-order valence-electron chi connectivity index (χ1n) is 7.57. The highest BCUT2D eigenvalue weighted by Crippen LogP contribution is 2.28. The normalized spacial score (nSPS) is 15.8. The number of nitrogens with one attached hydrogen (secondary N) is 1. The van der Waals surface area contributed by atoms with Crippen molar-refractivity contribution >= 4 is 0 Å². The van der Waals surface area contributed by atoms with Crippen LogP contribution in [0, 0.1) is 0 Å². The van der Waals surface area contributed by atoms with Gasteiger partial charge in [-0.25, -0.2) is 0 Å². The molecule has 0 aliphatic heterocycles. The summed E-state index contributed by atoms with van der Waals surface area (Å²) < 4.78 is 6.10. The zero-order chi connectivity index (χ0) is 14.3. The van der Waals surface area contributed by atoms with Crippen LogP contribution in [0.1, 0.15) is 58.9 Å². The Kier molecular flexibility index (Phi) is 6.93. The maximum absolute atomic E-state index is 6.10. The fourth-order valence-electron chi connectivity index (χ4n) is 1.98. The number of ether oxygens (including phenoxy) is 1. The maximum Gasteiger partial charge on any atom is 0.123 e. The molecule has 1 N–H and O–H groups in total. The standard InChI is InChI=1S/C17H29NO/c1-6-13(3)16-10-8-9-11-17(16)19-15(5)12-18-14(4)7-2/h8-11,13-15,18H,6-7,12H2,1-5H3. The average molecular weight is 263 g/mol. The van der Waals surface area contributed by atoms with Gasteiger partial charge in [0, 0.05) is 12.6 Å². The first-order chi connectivity index (χ1) is 9.08. The number of hydrogen-bond donors (Lipinski definition) is 1. The number of benzene rings is 1. The lowest BCUT2D eigenvalue weighted by molar-refractivity contribution is 0.209. The molecule has 2 heteroatoms. The van der Waals surface area contributed by atoms with Crippen LogP contribution in [0.3, 0.4) is 0 Å². The van der Waals surface area contributed by atoms with Crippen LogP contribution < -0.4 is 10.1 Å². The minimum Gasteiger partial charge on any atom is -0.489 e. The van der Waals surface area contributed by atoms with Crippen LogP contribution in [0.15, 0.2) is 24.3 Å².